The van der Waals surface area contributed by atoms with Gasteiger partial charge in [0.05, 0.1) is 12.8 Å². The number of guanidine groups is 1. The van der Waals surface area contributed by atoms with Crippen molar-refractivity contribution in [1.82, 2.24) is 5.32 Å². The van der Waals surface area contributed by atoms with Gasteiger partial charge < -0.3 is 20.6 Å². The minimum Gasteiger partial charge on any atom is -0.466 e. The highest BCUT2D eigenvalue weighted by atomic mass is 127. The molecule has 128 valence electrons. The Morgan fingerprint density at radius 2 is 2.09 bits per heavy atom. The van der Waals surface area contributed by atoms with Crippen LogP contribution in [0.5, 0.6) is 0 Å². The van der Waals surface area contributed by atoms with E-state index in [9.17, 15) is 5.11 Å². The van der Waals surface area contributed by atoms with Gasteiger partial charge in [0.15, 0.2) is 5.96 Å². The monoisotopic (exact) mass is 423 g/mol. The molecule has 4 N–H and O–H groups in total. The summed E-state index contributed by atoms with van der Waals surface area (Å²) in [6.07, 6.45) is 4.98. The number of nitrogens with two attached hydrogens (primary N) is 1. The molecule has 22 heavy (non-hydrogen) atoms. The molecular formula is C16H30IN3O2. The number of halogens is 1. The Labute approximate surface area is 150 Å². The predicted molar refractivity (Wildman–Crippen MR) is 101 cm³/mol. The van der Waals surface area contributed by atoms with Crippen LogP contribution in [0.25, 0.3) is 0 Å². The zero-order valence-corrected chi connectivity index (χ0v) is 16.3. The van der Waals surface area contributed by atoms with E-state index < -0.39 is 5.60 Å². The van der Waals surface area contributed by atoms with Gasteiger partial charge in [0.1, 0.15) is 11.4 Å². The van der Waals surface area contributed by atoms with Gasteiger partial charge in [-0.25, -0.2) is 4.99 Å². The van der Waals surface area contributed by atoms with Gasteiger partial charge in [-0.1, -0.05) is 26.7 Å². The Bertz CT molecular complexity index is 431. The molecule has 2 atom stereocenters. The molecule has 0 aromatic carbocycles. The SMILES string of the molecule is CC(C)CCCC(C)NC(N)=NCC(C)(O)c1ccco1.I. The van der Waals surface area contributed by atoms with Crippen LogP contribution >= 0.6 is 24.0 Å². The molecule has 5 nitrogen and oxygen atoms in total. The number of rotatable bonds is 8. The van der Waals surface area contributed by atoms with Crippen LogP contribution in [-0.2, 0) is 5.60 Å². The Kier molecular flexibility index (Phi) is 9.75. The number of hydrogen-bond donors (Lipinski definition) is 3. The van der Waals surface area contributed by atoms with Crippen molar-refractivity contribution in [3.8, 4) is 0 Å². The number of aliphatic hydroxyl groups is 1. The van der Waals surface area contributed by atoms with Gasteiger partial charge in [0.25, 0.3) is 0 Å². The van der Waals surface area contributed by atoms with E-state index in [2.05, 4.69) is 31.1 Å². The van der Waals surface area contributed by atoms with Crippen molar-refractivity contribution in [1.29, 1.82) is 0 Å². The summed E-state index contributed by atoms with van der Waals surface area (Å²) in [5.41, 5.74) is 4.72. The molecule has 1 aromatic rings. The van der Waals surface area contributed by atoms with Gasteiger partial charge in [-0.15, -0.1) is 24.0 Å². The van der Waals surface area contributed by atoms with Crippen molar-refractivity contribution in [2.45, 2.75) is 58.6 Å². The van der Waals surface area contributed by atoms with E-state index in [1.807, 2.05) is 0 Å². The maximum Gasteiger partial charge on any atom is 0.188 e. The second kappa shape index (κ2) is 10.1. The molecular weight excluding hydrogens is 393 g/mol. The van der Waals surface area contributed by atoms with Crippen molar-refractivity contribution in [3.63, 3.8) is 0 Å². The van der Waals surface area contributed by atoms with Crippen LogP contribution in [0, 0.1) is 5.92 Å². The lowest BCUT2D eigenvalue weighted by Gasteiger charge is -2.19. The second-order valence-electron chi connectivity index (χ2n) is 6.32. The summed E-state index contributed by atoms with van der Waals surface area (Å²) in [6.45, 7) is 8.37. The number of aliphatic imine (C=N–C) groups is 1. The third kappa shape index (κ3) is 8.03. The topological polar surface area (TPSA) is 83.8 Å². The maximum absolute atomic E-state index is 10.3. The average Bonchev–Trinajstić information content (AvgIpc) is 2.90. The van der Waals surface area contributed by atoms with E-state index in [-0.39, 0.29) is 36.6 Å². The molecule has 0 bridgehead atoms. The van der Waals surface area contributed by atoms with Crippen molar-refractivity contribution in [2.24, 2.45) is 16.6 Å². The first-order chi connectivity index (χ1) is 9.81. The third-order valence-electron chi connectivity index (χ3n) is 3.42. The molecule has 0 aliphatic rings. The molecule has 1 aromatic heterocycles. The number of hydrogen-bond acceptors (Lipinski definition) is 3. The fourth-order valence-electron chi connectivity index (χ4n) is 2.10. The molecule has 0 saturated carbocycles. The lowest BCUT2D eigenvalue weighted by molar-refractivity contribution is 0.0437. The first-order valence-corrected chi connectivity index (χ1v) is 7.64. The highest BCUT2D eigenvalue weighted by molar-refractivity contribution is 14.0. The van der Waals surface area contributed by atoms with Crippen LogP contribution in [-0.4, -0.2) is 23.7 Å². The summed E-state index contributed by atoms with van der Waals surface area (Å²) in [5.74, 6) is 1.58. The zero-order chi connectivity index (χ0) is 15.9. The zero-order valence-electron chi connectivity index (χ0n) is 14.0. The molecule has 2 unspecified atom stereocenters. The molecule has 6 heteroatoms. The number of nitrogens with one attached hydrogen (secondary N) is 1. The van der Waals surface area contributed by atoms with Crippen LogP contribution in [0.3, 0.4) is 0 Å². The standard InChI is InChI=1S/C16H29N3O2.HI/c1-12(2)7-5-8-13(3)19-15(17)18-11-16(4,20)14-9-6-10-21-14;/h6,9-10,12-13,20H,5,7-8,11H2,1-4H3,(H3,17,18,19);1H. The molecule has 0 aliphatic heterocycles. The summed E-state index contributed by atoms with van der Waals surface area (Å²) in [4.78, 5) is 4.21. The molecule has 1 rings (SSSR count). The summed E-state index contributed by atoms with van der Waals surface area (Å²) in [5, 5.41) is 13.4. The second-order valence-corrected chi connectivity index (χ2v) is 6.32. The molecule has 0 spiro atoms. The van der Waals surface area contributed by atoms with E-state index in [0.717, 1.165) is 12.3 Å². The Balaban J connectivity index is 0.00000441. The van der Waals surface area contributed by atoms with E-state index in [1.165, 1.54) is 19.1 Å². The summed E-state index contributed by atoms with van der Waals surface area (Å²) in [7, 11) is 0. The highest BCUT2D eigenvalue weighted by Crippen LogP contribution is 2.20. The predicted octanol–water partition coefficient (Wildman–Crippen LogP) is 3.22. The summed E-state index contributed by atoms with van der Waals surface area (Å²) in [6, 6.07) is 3.75. The van der Waals surface area contributed by atoms with Crippen LogP contribution in [0.15, 0.2) is 27.8 Å². The molecule has 0 aliphatic carbocycles. The largest absolute Gasteiger partial charge is 0.466 e. The van der Waals surface area contributed by atoms with Gasteiger partial charge in [-0.2, -0.15) is 0 Å². The molecule has 0 radical (unpaired) electrons. The third-order valence-corrected chi connectivity index (χ3v) is 3.42. The molecule has 1 heterocycles. The Hall–Kier alpha value is -0.760. The van der Waals surface area contributed by atoms with Crippen LogP contribution in [0.1, 0.15) is 52.7 Å². The van der Waals surface area contributed by atoms with Gasteiger partial charge in [0.2, 0.25) is 0 Å². The van der Waals surface area contributed by atoms with E-state index in [4.69, 9.17) is 10.2 Å². The molecule has 0 saturated heterocycles. The van der Waals surface area contributed by atoms with Gasteiger partial charge in [-0.3, -0.25) is 0 Å². The van der Waals surface area contributed by atoms with E-state index in [0.29, 0.717) is 11.7 Å². The first-order valence-electron chi connectivity index (χ1n) is 7.64. The average molecular weight is 423 g/mol. The van der Waals surface area contributed by atoms with Crippen LogP contribution in [0.2, 0.25) is 0 Å². The van der Waals surface area contributed by atoms with Crippen molar-refractivity contribution in [2.75, 3.05) is 6.54 Å². The first kappa shape index (κ1) is 21.2. The normalized spacial score (nSPS) is 16.0. The lowest BCUT2D eigenvalue weighted by Crippen LogP contribution is -2.39. The molecule has 0 fully saturated rings. The highest BCUT2D eigenvalue weighted by Gasteiger charge is 2.25. The Morgan fingerprint density at radius 1 is 1.41 bits per heavy atom. The van der Waals surface area contributed by atoms with E-state index in [1.54, 1.807) is 19.1 Å². The smallest absolute Gasteiger partial charge is 0.188 e. The van der Waals surface area contributed by atoms with Gasteiger partial charge >= 0.3 is 0 Å². The van der Waals surface area contributed by atoms with Crippen molar-refractivity contribution >= 4 is 29.9 Å². The van der Waals surface area contributed by atoms with Crippen molar-refractivity contribution < 1.29 is 9.52 Å². The summed E-state index contributed by atoms with van der Waals surface area (Å²) >= 11 is 0. The van der Waals surface area contributed by atoms with Crippen molar-refractivity contribution in [3.05, 3.63) is 24.2 Å². The fraction of sp³-hybridized carbons (Fsp3) is 0.688. The molecule has 0 amide bonds. The lowest BCUT2D eigenvalue weighted by atomic mass is 10.0. The quantitative estimate of drug-likeness (QED) is 0.341. The minimum absolute atomic E-state index is 0. The number of nitrogens with zero attached hydrogens (tertiary/aromatic N) is 1. The Morgan fingerprint density at radius 3 is 2.64 bits per heavy atom. The minimum atomic E-state index is -1.14. The van der Waals surface area contributed by atoms with Gasteiger partial charge in [0, 0.05) is 6.04 Å². The van der Waals surface area contributed by atoms with E-state index >= 15 is 0 Å². The maximum atomic E-state index is 10.3. The van der Waals surface area contributed by atoms with Crippen LogP contribution < -0.4 is 11.1 Å². The summed E-state index contributed by atoms with van der Waals surface area (Å²) < 4.78 is 5.21. The fourth-order valence-corrected chi connectivity index (χ4v) is 2.10. The number of furan rings is 1. The van der Waals surface area contributed by atoms with Gasteiger partial charge in [-0.05, 0) is 38.3 Å². The van der Waals surface area contributed by atoms with Crippen LogP contribution in [0.4, 0.5) is 0 Å².